The Morgan fingerprint density at radius 3 is 2.06 bits per heavy atom. The Morgan fingerprint density at radius 2 is 1.47 bits per heavy atom. The van der Waals surface area contributed by atoms with E-state index in [9.17, 15) is 14.9 Å². The lowest BCUT2D eigenvalue weighted by Gasteiger charge is -2.14. The Hall–Kier alpha value is -3.29. The van der Waals surface area contributed by atoms with Gasteiger partial charge in [0.2, 0.25) is 5.75 Å². The van der Waals surface area contributed by atoms with Crippen molar-refractivity contribution in [3.05, 3.63) is 51.6 Å². The lowest BCUT2D eigenvalue weighted by Crippen LogP contribution is -2.15. The molecule has 0 fully saturated rings. The maximum atomic E-state index is 13.0. The molecule has 0 aliphatic carbocycles. The number of nitrogens with zero attached hydrogens (tertiary/aromatic N) is 1. The van der Waals surface area contributed by atoms with E-state index in [0.717, 1.165) is 24.8 Å². The quantitative estimate of drug-likeness (QED) is 0.137. The number of nitro groups is 1. The zero-order valence-corrected chi connectivity index (χ0v) is 22.1. The third kappa shape index (κ3) is 9.06. The van der Waals surface area contributed by atoms with E-state index in [1.807, 2.05) is 13.0 Å². The third-order valence-corrected chi connectivity index (χ3v) is 6.08. The van der Waals surface area contributed by atoms with Crippen LogP contribution in [0.3, 0.4) is 0 Å². The SMILES string of the molecule is CCCCCCCCCCCCOc1cc(OC)c(C(=O)Nc2cc(C)ccc2OC)cc1[N+](=O)[O-]. The predicted octanol–water partition coefficient (Wildman–Crippen LogP) is 7.47. The van der Waals surface area contributed by atoms with E-state index in [-0.39, 0.29) is 22.7 Å². The molecule has 1 amide bonds. The predicted molar refractivity (Wildman–Crippen MR) is 143 cm³/mol. The van der Waals surface area contributed by atoms with E-state index < -0.39 is 10.8 Å². The number of carbonyl (C=O) groups excluding carboxylic acids is 1. The molecule has 0 atom stereocenters. The van der Waals surface area contributed by atoms with E-state index in [4.69, 9.17) is 14.2 Å². The first-order chi connectivity index (χ1) is 17.4. The molecule has 0 aliphatic heterocycles. The molecule has 0 bridgehead atoms. The molecule has 0 aliphatic rings. The van der Waals surface area contributed by atoms with Gasteiger partial charge in [0.1, 0.15) is 11.5 Å². The monoisotopic (exact) mass is 500 g/mol. The van der Waals surface area contributed by atoms with E-state index in [1.165, 1.54) is 71.3 Å². The zero-order valence-electron chi connectivity index (χ0n) is 22.1. The summed E-state index contributed by atoms with van der Waals surface area (Å²) in [6.45, 7) is 4.48. The molecule has 8 heteroatoms. The standard InChI is InChI=1S/C28H40N2O6/c1-5-6-7-8-9-10-11-12-13-14-17-36-27-20-26(35-4)22(19-24(27)30(32)33)28(31)29-23-18-21(2)15-16-25(23)34-3/h15-16,18-20H,5-14,17H2,1-4H3,(H,29,31). The Labute approximate surface area is 214 Å². The third-order valence-electron chi connectivity index (χ3n) is 6.08. The second-order valence-electron chi connectivity index (χ2n) is 8.97. The first-order valence-electron chi connectivity index (χ1n) is 12.9. The highest BCUT2D eigenvalue weighted by Gasteiger charge is 2.24. The van der Waals surface area contributed by atoms with Crippen LogP contribution in [0.1, 0.15) is 87.1 Å². The molecule has 1 N–H and O–H groups in total. The van der Waals surface area contributed by atoms with Crippen molar-refractivity contribution in [3.8, 4) is 17.2 Å². The molecule has 0 heterocycles. The zero-order chi connectivity index (χ0) is 26.3. The molecule has 0 radical (unpaired) electrons. The lowest BCUT2D eigenvalue weighted by atomic mass is 10.1. The van der Waals surface area contributed by atoms with Gasteiger partial charge in [0, 0.05) is 12.1 Å². The fourth-order valence-corrected chi connectivity index (χ4v) is 4.04. The summed E-state index contributed by atoms with van der Waals surface area (Å²) in [7, 11) is 2.92. The second-order valence-corrected chi connectivity index (χ2v) is 8.97. The molecule has 0 saturated carbocycles. The maximum absolute atomic E-state index is 13.0. The fraction of sp³-hybridized carbons (Fsp3) is 0.536. The largest absolute Gasteiger partial charge is 0.496 e. The van der Waals surface area contributed by atoms with Crippen LogP contribution < -0.4 is 19.5 Å². The molecule has 0 aromatic heterocycles. The van der Waals surface area contributed by atoms with E-state index in [2.05, 4.69) is 12.2 Å². The molecular weight excluding hydrogens is 460 g/mol. The van der Waals surface area contributed by atoms with Crippen molar-refractivity contribution >= 4 is 17.3 Å². The van der Waals surface area contributed by atoms with Crippen LogP contribution in [0.2, 0.25) is 0 Å². The number of methoxy groups -OCH3 is 2. The van der Waals surface area contributed by atoms with Gasteiger partial charge in [-0.05, 0) is 31.0 Å². The van der Waals surface area contributed by atoms with Crippen LogP contribution in [0.15, 0.2) is 30.3 Å². The van der Waals surface area contributed by atoms with Crippen molar-refractivity contribution in [1.29, 1.82) is 0 Å². The number of hydrogen-bond acceptors (Lipinski definition) is 6. The van der Waals surface area contributed by atoms with E-state index in [0.29, 0.717) is 18.0 Å². The topological polar surface area (TPSA) is 99.9 Å². The van der Waals surface area contributed by atoms with Crippen LogP contribution in [-0.2, 0) is 0 Å². The number of carbonyl (C=O) groups is 1. The molecule has 2 rings (SSSR count). The van der Waals surface area contributed by atoms with E-state index >= 15 is 0 Å². The van der Waals surface area contributed by atoms with Gasteiger partial charge < -0.3 is 19.5 Å². The van der Waals surface area contributed by atoms with Gasteiger partial charge in [-0.25, -0.2) is 0 Å². The number of nitrogens with one attached hydrogen (secondary N) is 1. The van der Waals surface area contributed by atoms with Gasteiger partial charge in [-0.3, -0.25) is 14.9 Å². The minimum absolute atomic E-state index is 0.0408. The number of aryl methyl sites for hydroxylation is 1. The Balaban J connectivity index is 1.98. The van der Waals surface area contributed by atoms with E-state index in [1.54, 1.807) is 12.1 Å². The number of benzene rings is 2. The Bertz CT molecular complexity index is 992. The Kier molecular flexibility index (Phi) is 12.6. The van der Waals surface area contributed by atoms with Gasteiger partial charge in [0.15, 0.2) is 0 Å². The second kappa shape index (κ2) is 15.7. The smallest absolute Gasteiger partial charge is 0.312 e. The average Bonchev–Trinajstić information content (AvgIpc) is 2.86. The van der Waals surface area contributed by atoms with Crippen LogP contribution in [-0.4, -0.2) is 31.7 Å². The maximum Gasteiger partial charge on any atom is 0.312 e. The number of unbranched alkanes of at least 4 members (excludes halogenated alkanes) is 9. The average molecular weight is 501 g/mol. The normalized spacial score (nSPS) is 10.7. The number of hydrogen-bond donors (Lipinski definition) is 1. The summed E-state index contributed by atoms with van der Waals surface area (Å²) < 4.78 is 16.4. The lowest BCUT2D eigenvalue weighted by molar-refractivity contribution is -0.385. The molecule has 2 aromatic rings. The molecule has 198 valence electrons. The van der Waals surface area contributed by atoms with Gasteiger partial charge >= 0.3 is 5.69 Å². The molecule has 2 aromatic carbocycles. The summed E-state index contributed by atoms with van der Waals surface area (Å²) in [5, 5.41) is 14.5. The van der Waals surface area contributed by atoms with Crippen molar-refractivity contribution in [3.63, 3.8) is 0 Å². The van der Waals surface area contributed by atoms with Crippen LogP contribution in [0.25, 0.3) is 0 Å². The van der Waals surface area contributed by atoms with Crippen molar-refractivity contribution in [2.45, 2.75) is 78.1 Å². The highest BCUT2D eigenvalue weighted by Crippen LogP contribution is 2.36. The molecule has 36 heavy (non-hydrogen) atoms. The summed E-state index contributed by atoms with van der Waals surface area (Å²) in [6.07, 6.45) is 11.9. The minimum atomic E-state index is -0.544. The first-order valence-corrected chi connectivity index (χ1v) is 12.9. The summed E-state index contributed by atoms with van der Waals surface area (Å²) in [5.74, 6) is 0.235. The molecule has 0 spiro atoms. The Morgan fingerprint density at radius 1 is 0.861 bits per heavy atom. The molecule has 8 nitrogen and oxygen atoms in total. The number of amides is 1. The minimum Gasteiger partial charge on any atom is -0.496 e. The highest BCUT2D eigenvalue weighted by molar-refractivity contribution is 6.07. The van der Waals surface area contributed by atoms with Gasteiger partial charge in [0.25, 0.3) is 5.91 Å². The number of anilines is 1. The van der Waals surface area contributed by atoms with Crippen molar-refractivity contribution in [2.24, 2.45) is 0 Å². The van der Waals surface area contributed by atoms with Gasteiger partial charge in [0.05, 0.1) is 37.0 Å². The summed E-state index contributed by atoms with van der Waals surface area (Å²) in [6, 6.07) is 7.98. The van der Waals surface area contributed by atoms with Crippen LogP contribution in [0.5, 0.6) is 17.2 Å². The number of nitro benzene ring substituents is 1. The summed E-state index contributed by atoms with van der Waals surface area (Å²) >= 11 is 0. The first kappa shape index (κ1) is 28.9. The highest BCUT2D eigenvalue weighted by atomic mass is 16.6. The van der Waals surface area contributed by atoms with Gasteiger partial charge in [-0.15, -0.1) is 0 Å². The molecular formula is C28H40N2O6. The summed E-state index contributed by atoms with van der Waals surface area (Å²) in [5.41, 5.74) is 1.16. The van der Waals surface area contributed by atoms with Crippen molar-refractivity contribution in [2.75, 3.05) is 26.1 Å². The molecule has 0 unspecified atom stereocenters. The van der Waals surface area contributed by atoms with Crippen LogP contribution in [0, 0.1) is 17.0 Å². The summed E-state index contributed by atoms with van der Waals surface area (Å²) in [4.78, 5) is 24.2. The molecule has 0 saturated heterocycles. The fourth-order valence-electron chi connectivity index (χ4n) is 4.04. The van der Waals surface area contributed by atoms with Crippen molar-refractivity contribution in [1.82, 2.24) is 0 Å². The van der Waals surface area contributed by atoms with Crippen molar-refractivity contribution < 1.29 is 23.9 Å². The van der Waals surface area contributed by atoms with Crippen LogP contribution >= 0.6 is 0 Å². The number of rotatable bonds is 17. The van der Waals surface area contributed by atoms with Crippen LogP contribution in [0.4, 0.5) is 11.4 Å². The van der Waals surface area contributed by atoms with Gasteiger partial charge in [-0.2, -0.15) is 0 Å². The van der Waals surface area contributed by atoms with Gasteiger partial charge in [-0.1, -0.05) is 70.8 Å². The number of ether oxygens (including phenoxy) is 3.